The van der Waals surface area contributed by atoms with E-state index in [1.54, 1.807) is 19.2 Å². The molecule has 0 saturated carbocycles. The van der Waals surface area contributed by atoms with E-state index in [9.17, 15) is 4.79 Å². The Hall–Kier alpha value is -2.13. The summed E-state index contributed by atoms with van der Waals surface area (Å²) in [6.07, 6.45) is 2.10. The van der Waals surface area contributed by atoms with Gasteiger partial charge in [-0.25, -0.2) is 4.79 Å². The normalized spacial score (nSPS) is 11.9. The van der Waals surface area contributed by atoms with E-state index < -0.39 is 0 Å². The van der Waals surface area contributed by atoms with Gasteiger partial charge >= 0.3 is 5.97 Å². The van der Waals surface area contributed by atoms with Crippen molar-refractivity contribution in [2.45, 2.75) is 32.5 Å². The highest BCUT2D eigenvalue weighted by Gasteiger charge is 2.12. The maximum absolute atomic E-state index is 12.0. The van der Waals surface area contributed by atoms with E-state index >= 15 is 0 Å². The van der Waals surface area contributed by atoms with Crippen molar-refractivity contribution in [1.29, 1.82) is 0 Å². The molecule has 0 aliphatic carbocycles. The van der Waals surface area contributed by atoms with Crippen molar-refractivity contribution in [3.63, 3.8) is 0 Å². The molecule has 0 aromatic heterocycles. The van der Waals surface area contributed by atoms with Gasteiger partial charge in [0.1, 0.15) is 6.61 Å². The van der Waals surface area contributed by atoms with Crippen LogP contribution in [-0.2, 0) is 16.1 Å². The molecule has 0 fully saturated rings. The summed E-state index contributed by atoms with van der Waals surface area (Å²) in [7, 11) is 1.71. The van der Waals surface area contributed by atoms with Crippen LogP contribution in [0.25, 0.3) is 0 Å². The highest BCUT2D eigenvalue weighted by Crippen LogP contribution is 2.22. The van der Waals surface area contributed by atoms with Gasteiger partial charge in [-0.2, -0.15) is 0 Å². The van der Waals surface area contributed by atoms with Crippen molar-refractivity contribution >= 4 is 5.97 Å². The summed E-state index contributed by atoms with van der Waals surface area (Å²) in [4.78, 5) is 12.0. The van der Waals surface area contributed by atoms with E-state index in [0.717, 1.165) is 24.0 Å². The number of ether oxygens (including phenoxy) is 2. The second kappa shape index (κ2) is 8.35. The van der Waals surface area contributed by atoms with Gasteiger partial charge in [-0.1, -0.05) is 55.8 Å². The number of esters is 1. The van der Waals surface area contributed by atoms with Gasteiger partial charge < -0.3 is 9.47 Å². The molecule has 3 heteroatoms. The summed E-state index contributed by atoms with van der Waals surface area (Å²) in [5.74, 6) is -0.306. The van der Waals surface area contributed by atoms with Gasteiger partial charge in [0.15, 0.2) is 0 Å². The third kappa shape index (κ3) is 4.43. The third-order valence-corrected chi connectivity index (χ3v) is 3.57. The minimum absolute atomic E-state index is 0.0828. The Labute approximate surface area is 131 Å². The SMILES string of the molecule is CCCC(OC)c1ccc(C(=O)OCc2ccccc2)cc1. The molecule has 0 bridgehead atoms. The smallest absolute Gasteiger partial charge is 0.338 e. The number of methoxy groups -OCH3 is 1. The summed E-state index contributed by atoms with van der Waals surface area (Å²) in [6, 6.07) is 17.1. The van der Waals surface area contributed by atoms with Crippen LogP contribution in [0, 0.1) is 0 Å². The van der Waals surface area contributed by atoms with Crippen molar-refractivity contribution in [2.24, 2.45) is 0 Å². The molecular formula is C19H22O3. The summed E-state index contributed by atoms with van der Waals surface area (Å²) < 4.78 is 10.8. The second-order valence-electron chi connectivity index (χ2n) is 5.20. The van der Waals surface area contributed by atoms with E-state index in [1.165, 1.54) is 0 Å². The molecule has 0 aliphatic heterocycles. The quantitative estimate of drug-likeness (QED) is 0.704. The Morgan fingerprint density at radius 2 is 1.73 bits per heavy atom. The van der Waals surface area contributed by atoms with E-state index in [0.29, 0.717) is 5.56 Å². The lowest BCUT2D eigenvalue weighted by molar-refractivity contribution is 0.0472. The average Bonchev–Trinajstić information content (AvgIpc) is 2.58. The van der Waals surface area contributed by atoms with E-state index in [4.69, 9.17) is 9.47 Å². The van der Waals surface area contributed by atoms with Crippen LogP contribution in [0.4, 0.5) is 0 Å². The Bertz CT molecular complexity index is 575. The number of rotatable bonds is 7. The average molecular weight is 298 g/mol. The fourth-order valence-electron chi connectivity index (χ4n) is 2.32. The summed E-state index contributed by atoms with van der Waals surface area (Å²) in [5.41, 5.74) is 2.63. The van der Waals surface area contributed by atoms with Crippen LogP contribution < -0.4 is 0 Å². The standard InChI is InChI=1S/C19H22O3/c1-3-7-18(21-2)16-10-12-17(13-11-16)19(20)22-14-15-8-5-4-6-9-15/h4-6,8-13,18H,3,7,14H2,1-2H3. The Kier molecular flexibility index (Phi) is 6.16. The van der Waals surface area contributed by atoms with Crippen molar-refractivity contribution < 1.29 is 14.3 Å². The van der Waals surface area contributed by atoms with Gasteiger partial charge in [-0.05, 0) is 29.7 Å². The monoisotopic (exact) mass is 298 g/mol. The first-order chi connectivity index (χ1) is 10.7. The second-order valence-corrected chi connectivity index (χ2v) is 5.20. The first-order valence-electron chi connectivity index (χ1n) is 7.58. The highest BCUT2D eigenvalue weighted by atomic mass is 16.5. The molecule has 1 atom stereocenters. The van der Waals surface area contributed by atoms with Crippen LogP contribution in [0.2, 0.25) is 0 Å². The molecule has 0 saturated heterocycles. The lowest BCUT2D eigenvalue weighted by atomic mass is 10.0. The number of carbonyl (C=O) groups excluding carboxylic acids is 1. The lowest BCUT2D eigenvalue weighted by Gasteiger charge is -2.15. The fraction of sp³-hybridized carbons (Fsp3) is 0.316. The lowest BCUT2D eigenvalue weighted by Crippen LogP contribution is -2.06. The van der Waals surface area contributed by atoms with E-state index in [1.807, 2.05) is 42.5 Å². The first kappa shape index (κ1) is 16.2. The van der Waals surface area contributed by atoms with Crippen LogP contribution in [0.5, 0.6) is 0 Å². The van der Waals surface area contributed by atoms with Crippen LogP contribution >= 0.6 is 0 Å². The zero-order valence-electron chi connectivity index (χ0n) is 13.1. The molecule has 1 unspecified atom stereocenters. The highest BCUT2D eigenvalue weighted by molar-refractivity contribution is 5.89. The minimum Gasteiger partial charge on any atom is -0.457 e. The van der Waals surface area contributed by atoms with Crippen molar-refractivity contribution in [3.05, 3.63) is 71.3 Å². The largest absolute Gasteiger partial charge is 0.457 e. The molecule has 2 aromatic carbocycles. The van der Waals surface area contributed by atoms with Gasteiger partial charge in [-0.15, -0.1) is 0 Å². The Morgan fingerprint density at radius 1 is 1.05 bits per heavy atom. The minimum atomic E-state index is -0.306. The predicted octanol–water partition coefficient (Wildman–Crippen LogP) is 4.53. The molecule has 116 valence electrons. The van der Waals surface area contributed by atoms with Crippen molar-refractivity contribution in [3.8, 4) is 0 Å². The molecule has 0 spiro atoms. The van der Waals surface area contributed by atoms with E-state index in [-0.39, 0.29) is 18.7 Å². The van der Waals surface area contributed by atoms with Gasteiger partial charge in [0.25, 0.3) is 0 Å². The third-order valence-electron chi connectivity index (χ3n) is 3.57. The maximum Gasteiger partial charge on any atom is 0.338 e. The number of hydrogen-bond acceptors (Lipinski definition) is 3. The molecule has 0 heterocycles. The molecule has 3 nitrogen and oxygen atoms in total. The molecule has 0 aliphatic rings. The van der Waals surface area contributed by atoms with E-state index in [2.05, 4.69) is 6.92 Å². The Balaban J connectivity index is 1.96. The molecular weight excluding hydrogens is 276 g/mol. The van der Waals surface area contributed by atoms with Crippen molar-refractivity contribution in [2.75, 3.05) is 7.11 Å². The molecule has 2 rings (SSSR count). The van der Waals surface area contributed by atoms with Gasteiger partial charge in [0.05, 0.1) is 11.7 Å². The molecule has 2 aromatic rings. The van der Waals surface area contributed by atoms with Crippen molar-refractivity contribution in [1.82, 2.24) is 0 Å². The van der Waals surface area contributed by atoms with Gasteiger partial charge in [-0.3, -0.25) is 0 Å². The first-order valence-corrected chi connectivity index (χ1v) is 7.58. The summed E-state index contributed by atoms with van der Waals surface area (Å²) in [5, 5.41) is 0. The van der Waals surface area contributed by atoms with Crippen LogP contribution in [-0.4, -0.2) is 13.1 Å². The van der Waals surface area contributed by atoms with Crippen LogP contribution in [0.15, 0.2) is 54.6 Å². The maximum atomic E-state index is 12.0. The predicted molar refractivity (Wildman–Crippen MR) is 86.7 cm³/mol. The summed E-state index contributed by atoms with van der Waals surface area (Å²) in [6.45, 7) is 2.42. The number of benzene rings is 2. The van der Waals surface area contributed by atoms with Crippen LogP contribution in [0.1, 0.15) is 47.4 Å². The number of carbonyl (C=O) groups is 1. The van der Waals surface area contributed by atoms with Gasteiger partial charge in [0.2, 0.25) is 0 Å². The molecule has 0 radical (unpaired) electrons. The Morgan fingerprint density at radius 3 is 2.32 bits per heavy atom. The molecule has 22 heavy (non-hydrogen) atoms. The van der Waals surface area contributed by atoms with Crippen LogP contribution in [0.3, 0.4) is 0 Å². The zero-order chi connectivity index (χ0) is 15.8. The fourth-order valence-corrected chi connectivity index (χ4v) is 2.32. The molecule has 0 amide bonds. The molecule has 0 N–H and O–H groups in total. The zero-order valence-corrected chi connectivity index (χ0v) is 13.1. The number of hydrogen-bond donors (Lipinski definition) is 0. The van der Waals surface area contributed by atoms with Gasteiger partial charge in [0, 0.05) is 7.11 Å². The topological polar surface area (TPSA) is 35.5 Å². The summed E-state index contributed by atoms with van der Waals surface area (Å²) >= 11 is 0.